The van der Waals surface area contributed by atoms with Gasteiger partial charge in [0.25, 0.3) is 0 Å². The molecule has 8 aromatic carbocycles. The van der Waals surface area contributed by atoms with Crippen molar-refractivity contribution in [3.05, 3.63) is 229 Å². The molecule has 0 atom stereocenters. The van der Waals surface area contributed by atoms with E-state index in [1.54, 1.807) is 0 Å². The largest absolute Gasteiger partial charge is 0.228 e. The molecule has 0 amide bonds. The molecule has 10 aromatic rings. The number of aromatic nitrogens is 2. The number of hydrogen-bond donors (Lipinski definition) is 0. The van der Waals surface area contributed by atoms with Crippen molar-refractivity contribution in [2.75, 3.05) is 0 Å². The summed E-state index contributed by atoms with van der Waals surface area (Å²) in [6, 6.07) is 74.6. The maximum absolute atomic E-state index is 5.44. The molecule has 2 aromatic heterocycles. The van der Waals surface area contributed by atoms with Crippen molar-refractivity contribution >= 4 is 31.5 Å². The average molecular weight is 731 g/mol. The van der Waals surface area contributed by atoms with Crippen LogP contribution in [0.4, 0.5) is 0 Å². The first kappa shape index (κ1) is 32.5. The maximum Gasteiger partial charge on any atom is 0.160 e. The number of nitrogens with zero attached hydrogens (tertiary/aromatic N) is 2. The molecular weight excluding hydrogens is 697 g/mol. The van der Waals surface area contributed by atoms with E-state index in [9.17, 15) is 0 Å². The van der Waals surface area contributed by atoms with Gasteiger partial charge >= 0.3 is 0 Å². The number of benzene rings is 8. The third kappa shape index (κ3) is 5.09. The summed E-state index contributed by atoms with van der Waals surface area (Å²) < 4.78 is 2.57. The molecule has 1 aliphatic carbocycles. The van der Waals surface area contributed by atoms with Crippen molar-refractivity contribution in [2.45, 2.75) is 5.41 Å². The van der Waals surface area contributed by atoms with E-state index in [4.69, 9.17) is 9.97 Å². The Kier molecular flexibility index (Phi) is 7.61. The first-order chi connectivity index (χ1) is 27.8. The van der Waals surface area contributed by atoms with Crippen molar-refractivity contribution < 1.29 is 0 Å². The highest BCUT2D eigenvalue weighted by atomic mass is 32.1. The second-order valence-corrected chi connectivity index (χ2v) is 15.6. The van der Waals surface area contributed by atoms with E-state index in [2.05, 4.69) is 200 Å². The molecule has 0 bridgehead atoms. The fourth-order valence-corrected chi connectivity index (χ4v) is 10.0. The zero-order valence-electron chi connectivity index (χ0n) is 30.4. The predicted octanol–water partition coefficient (Wildman–Crippen LogP) is 13.9. The normalized spacial score (nSPS) is 12.8. The van der Waals surface area contributed by atoms with Crippen molar-refractivity contribution in [3.63, 3.8) is 0 Å². The minimum absolute atomic E-state index is 0.547. The Morgan fingerprint density at radius 3 is 1.66 bits per heavy atom. The van der Waals surface area contributed by atoms with E-state index in [0.717, 1.165) is 39.2 Å². The topological polar surface area (TPSA) is 25.8 Å². The molecule has 262 valence electrons. The lowest BCUT2D eigenvalue weighted by Gasteiger charge is -2.34. The minimum atomic E-state index is -0.547. The lowest BCUT2D eigenvalue weighted by Crippen LogP contribution is -2.28. The highest BCUT2D eigenvalue weighted by molar-refractivity contribution is 7.25. The molecule has 2 nitrogen and oxygen atoms in total. The van der Waals surface area contributed by atoms with Gasteiger partial charge in [-0.25, -0.2) is 9.97 Å². The summed E-state index contributed by atoms with van der Waals surface area (Å²) in [5, 5.41) is 2.59. The van der Waals surface area contributed by atoms with Gasteiger partial charge in [-0.1, -0.05) is 176 Å². The van der Waals surface area contributed by atoms with E-state index < -0.39 is 5.41 Å². The van der Waals surface area contributed by atoms with Crippen molar-refractivity contribution in [1.29, 1.82) is 0 Å². The molecule has 56 heavy (non-hydrogen) atoms. The quantitative estimate of drug-likeness (QED) is 0.170. The van der Waals surface area contributed by atoms with Crippen LogP contribution in [0.2, 0.25) is 0 Å². The van der Waals surface area contributed by atoms with Gasteiger partial charge in [-0.15, -0.1) is 11.3 Å². The molecule has 0 saturated carbocycles. The Morgan fingerprint density at radius 2 is 0.929 bits per heavy atom. The van der Waals surface area contributed by atoms with Crippen LogP contribution in [-0.2, 0) is 5.41 Å². The SMILES string of the molecule is c1ccc(-c2cc(-c3cc4c(cc3-c3ccc5c(c3)sc3ccccc35)-c3ccccc3C4(c3ccccc3)c3ccccc3)nc(-c3ccccc3)n2)cc1. The average Bonchev–Trinajstić information content (AvgIpc) is 3.80. The zero-order valence-corrected chi connectivity index (χ0v) is 31.2. The molecule has 0 radical (unpaired) electrons. The number of hydrogen-bond acceptors (Lipinski definition) is 3. The first-order valence-corrected chi connectivity index (χ1v) is 19.9. The molecule has 0 N–H and O–H groups in total. The monoisotopic (exact) mass is 730 g/mol. The van der Waals surface area contributed by atoms with Crippen LogP contribution < -0.4 is 0 Å². The molecular formula is C53H34N2S. The summed E-state index contributed by atoms with van der Waals surface area (Å²) in [4.78, 5) is 10.6. The van der Waals surface area contributed by atoms with E-state index in [1.165, 1.54) is 53.6 Å². The fourth-order valence-electron chi connectivity index (χ4n) is 8.89. The summed E-state index contributed by atoms with van der Waals surface area (Å²) in [5.74, 6) is 0.703. The highest BCUT2D eigenvalue weighted by Crippen LogP contribution is 2.58. The standard InChI is InChI=1S/C53H34N2S/c1-5-17-35(18-6-1)48-34-49(55-52(54-48)36-19-7-2-8-20-36)45-33-47-44(32-43(45)37-29-30-42-41-26-14-16-28-50(41)56-51(42)31-37)40-25-13-15-27-46(40)53(47,38-21-9-3-10-22-38)39-23-11-4-12-24-39/h1-34H. The van der Waals surface area contributed by atoms with Gasteiger partial charge in [0.15, 0.2) is 5.82 Å². The van der Waals surface area contributed by atoms with Gasteiger partial charge in [-0.3, -0.25) is 0 Å². The van der Waals surface area contributed by atoms with Gasteiger partial charge in [0.1, 0.15) is 0 Å². The minimum Gasteiger partial charge on any atom is -0.228 e. The fraction of sp³-hybridized carbons (Fsp3) is 0.0189. The Balaban J connectivity index is 1.26. The number of fused-ring (bicyclic) bond motifs is 6. The van der Waals surface area contributed by atoms with Gasteiger partial charge in [0, 0.05) is 36.9 Å². The summed E-state index contributed by atoms with van der Waals surface area (Å²) in [6.07, 6.45) is 0. The maximum atomic E-state index is 5.44. The second-order valence-electron chi connectivity index (χ2n) is 14.5. The Hall–Kier alpha value is -6.94. The van der Waals surface area contributed by atoms with Crippen LogP contribution in [0.1, 0.15) is 22.3 Å². The van der Waals surface area contributed by atoms with E-state index in [-0.39, 0.29) is 0 Å². The summed E-state index contributed by atoms with van der Waals surface area (Å²) >= 11 is 1.85. The van der Waals surface area contributed by atoms with Crippen LogP contribution in [0.15, 0.2) is 206 Å². The van der Waals surface area contributed by atoms with Gasteiger partial charge in [0.2, 0.25) is 0 Å². The molecule has 0 unspecified atom stereocenters. The molecule has 0 saturated heterocycles. The van der Waals surface area contributed by atoms with Crippen LogP contribution >= 0.6 is 11.3 Å². The predicted molar refractivity (Wildman–Crippen MR) is 234 cm³/mol. The lowest BCUT2D eigenvalue weighted by molar-refractivity contribution is 0.769. The Labute approximate surface area is 330 Å². The second kappa shape index (κ2) is 13.1. The van der Waals surface area contributed by atoms with Gasteiger partial charge in [-0.2, -0.15) is 0 Å². The van der Waals surface area contributed by atoms with E-state index >= 15 is 0 Å². The Morgan fingerprint density at radius 1 is 0.339 bits per heavy atom. The van der Waals surface area contributed by atoms with Gasteiger partial charge < -0.3 is 0 Å². The van der Waals surface area contributed by atoms with Crippen molar-refractivity contribution in [3.8, 4) is 56.2 Å². The molecule has 3 heteroatoms. The van der Waals surface area contributed by atoms with Gasteiger partial charge in [0.05, 0.1) is 16.8 Å². The zero-order chi connectivity index (χ0) is 37.1. The number of rotatable bonds is 6. The van der Waals surface area contributed by atoms with Crippen LogP contribution in [0.25, 0.3) is 76.3 Å². The summed E-state index contributed by atoms with van der Waals surface area (Å²) in [7, 11) is 0. The van der Waals surface area contributed by atoms with Crippen LogP contribution in [-0.4, -0.2) is 9.97 Å². The van der Waals surface area contributed by atoms with Crippen LogP contribution in [0.3, 0.4) is 0 Å². The Bertz CT molecular complexity index is 2960. The molecule has 0 aliphatic heterocycles. The van der Waals surface area contributed by atoms with Crippen molar-refractivity contribution in [2.24, 2.45) is 0 Å². The van der Waals surface area contributed by atoms with Gasteiger partial charge in [-0.05, 0) is 74.8 Å². The number of thiophene rings is 1. The van der Waals surface area contributed by atoms with E-state index in [1.807, 2.05) is 17.4 Å². The highest BCUT2D eigenvalue weighted by Gasteiger charge is 2.46. The first-order valence-electron chi connectivity index (χ1n) is 19.1. The smallest absolute Gasteiger partial charge is 0.160 e. The third-order valence-electron chi connectivity index (χ3n) is 11.4. The third-order valence-corrected chi connectivity index (χ3v) is 12.5. The lowest BCUT2D eigenvalue weighted by atomic mass is 9.67. The molecule has 1 aliphatic rings. The van der Waals surface area contributed by atoms with Crippen LogP contribution in [0.5, 0.6) is 0 Å². The molecule has 0 fully saturated rings. The van der Waals surface area contributed by atoms with E-state index in [0.29, 0.717) is 5.82 Å². The van der Waals surface area contributed by atoms with Crippen molar-refractivity contribution in [1.82, 2.24) is 9.97 Å². The summed E-state index contributed by atoms with van der Waals surface area (Å²) in [5.41, 5.74) is 14.2. The molecule has 2 heterocycles. The molecule has 11 rings (SSSR count). The summed E-state index contributed by atoms with van der Waals surface area (Å²) in [6.45, 7) is 0. The molecule has 0 spiro atoms. The van der Waals surface area contributed by atoms with Crippen LogP contribution in [0, 0.1) is 0 Å².